The second kappa shape index (κ2) is 8.80. The molecule has 1 aromatic heterocycles. The smallest absolute Gasteiger partial charge is 0.331 e. The average molecular weight is 458 g/mol. The highest BCUT2D eigenvalue weighted by Gasteiger charge is 2.41. The largest absolute Gasteiger partial charge is 0.451 e. The van der Waals surface area contributed by atoms with Crippen LogP contribution in [0, 0.1) is 17.5 Å². The first-order chi connectivity index (χ1) is 13.5. The normalized spacial score (nSPS) is 17.3. The fourth-order valence-electron chi connectivity index (χ4n) is 3.35. The van der Waals surface area contributed by atoms with Crippen LogP contribution < -0.4 is 5.73 Å². The third-order valence-electron chi connectivity index (χ3n) is 4.77. The molecular weight excluding hydrogens is 440 g/mol. The molecule has 30 heavy (non-hydrogen) atoms. The molecule has 3 rings (SSSR count). The van der Waals surface area contributed by atoms with Crippen molar-refractivity contribution in [2.45, 2.75) is 44.6 Å². The van der Waals surface area contributed by atoms with Crippen LogP contribution in [0.3, 0.4) is 0 Å². The predicted molar refractivity (Wildman–Crippen MR) is 95.0 cm³/mol. The number of hydrogen-bond acceptors (Lipinski definition) is 4. The first-order valence-corrected chi connectivity index (χ1v) is 8.67. The Kier molecular flexibility index (Phi) is 7.02. The van der Waals surface area contributed by atoms with Gasteiger partial charge in [-0.25, -0.2) is 13.2 Å². The number of hydrogen-bond donors (Lipinski definition) is 1. The minimum absolute atomic E-state index is 0. The Bertz CT molecular complexity index is 934. The van der Waals surface area contributed by atoms with Gasteiger partial charge in [-0.05, 0) is 25.0 Å². The summed E-state index contributed by atoms with van der Waals surface area (Å²) in [7, 11) is 0. The topological polar surface area (TPSA) is 77.0 Å². The molecule has 2 atom stereocenters. The lowest BCUT2D eigenvalue weighted by Gasteiger charge is -2.34. The van der Waals surface area contributed by atoms with E-state index in [1.165, 1.54) is 11.8 Å². The Balaban J connectivity index is 0.00000320. The Morgan fingerprint density at radius 1 is 1.17 bits per heavy atom. The van der Waals surface area contributed by atoms with Gasteiger partial charge in [0.15, 0.2) is 17.5 Å². The van der Waals surface area contributed by atoms with Crippen molar-refractivity contribution in [2.24, 2.45) is 5.73 Å². The average Bonchev–Trinajstić information content (AvgIpc) is 3.05. The third kappa shape index (κ3) is 4.69. The molecule has 2 aromatic rings. The highest BCUT2D eigenvalue weighted by Crippen LogP contribution is 2.33. The van der Waals surface area contributed by atoms with E-state index < -0.39 is 47.4 Å². The summed E-state index contributed by atoms with van der Waals surface area (Å²) in [5.41, 5.74) is 5.68. The number of aromatic nitrogens is 3. The van der Waals surface area contributed by atoms with E-state index >= 15 is 0 Å². The zero-order valence-electron chi connectivity index (χ0n) is 15.6. The predicted octanol–water partition coefficient (Wildman–Crippen LogP) is 3.00. The van der Waals surface area contributed by atoms with Gasteiger partial charge in [-0.1, -0.05) is 0 Å². The zero-order chi connectivity index (χ0) is 21.5. The van der Waals surface area contributed by atoms with Gasteiger partial charge in [0.05, 0.1) is 6.04 Å². The SMILES string of the molecule is C[C@H]1c2nnc(C(F)(F)F)n2CCN1C(=O)C[C@H](N)Cc1cc(F)c(F)cc1F.Cl. The minimum Gasteiger partial charge on any atom is -0.331 e. The number of halogens is 7. The van der Waals surface area contributed by atoms with Crippen LogP contribution in [0.4, 0.5) is 26.3 Å². The molecule has 6 nitrogen and oxygen atoms in total. The Hall–Kier alpha value is -2.34. The van der Waals surface area contributed by atoms with Gasteiger partial charge in [0.25, 0.3) is 0 Å². The number of alkyl halides is 3. The molecule has 0 radical (unpaired) electrons. The number of carbonyl (C=O) groups excluding carboxylic acids is 1. The van der Waals surface area contributed by atoms with Crippen molar-refractivity contribution in [3.63, 3.8) is 0 Å². The summed E-state index contributed by atoms with van der Waals surface area (Å²) in [5, 5.41) is 6.73. The van der Waals surface area contributed by atoms with Gasteiger partial charge in [0.2, 0.25) is 11.7 Å². The van der Waals surface area contributed by atoms with Crippen LogP contribution in [0.5, 0.6) is 0 Å². The van der Waals surface area contributed by atoms with Crippen molar-refractivity contribution in [2.75, 3.05) is 6.54 Å². The Labute approximate surface area is 173 Å². The fourth-order valence-corrected chi connectivity index (χ4v) is 3.35. The van der Waals surface area contributed by atoms with E-state index in [0.29, 0.717) is 12.1 Å². The quantitative estimate of drug-likeness (QED) is 0.565. The number of nitrogens with zero attached hydrogens (tertiary/aromatic N) is 4. The summed E-state index contributed by atoms with van der Waals surface area (Å²) >= 11 is 0. The number of carbonyl (C=O) groups is 1. The summed E-state index contributed by atoms with van der Waals surface area (Å²) in [6, 6.07) is -0.594. The lowest BCUT2D eigenvalue weighted by atomic mass is 10.0. The van der Waals surface area contributed by atoms with E-state index in [1.54, 1.807) is 0 Å². The van der Waals surface area contributed by atoms with E-state index in [9.17, 15) is 31.1 Å². The monoisotopic (exact) mass is 457 g/mol. The zero-order valence-corrected chi connectivity index (χ0v) is 16.4. The molecule has 2 N–H and O–H groups in total. The summed E-state index contributed by atoms with van der Waals surface area (Å²) in [6.07, 6.45) is -5.14. The van der Waals surface area contributed by atoms with Crippen molar-refractivity contribution in [3.8, 4) is 0 Å². The summed E-state index contributed by atoms with van der Waals surface area (Å²) in [6.45, 7) is 1.36. The Morgan fingerprint density at radius 2 is 1.80 bits per heavy atom. The molecule has 0 unspecified atom stereocenters. The molecule has 166 valence electrons. The van der Waals surface area contributed by atoms with E-state index in [-0.39, 0.29) is 49.7 Å². The van der Waals surface area contributed by atoms with Crippen LogP contribution in [0.1, 0.15) is 36.6 Å². The van der Waals surface area contributed by atoms with E-state index in [4.69, 9.17) is 5.73 Å². The molecule has 0 saturated carbocycles. The number of benzene rings is 1. The van der Waals surface area contributed by atoms with Gasteiger partial charge in [-0.3, -0.25) is 4.79 Å². The molecule has 0 spiro atoms. The van der Waals surface area contributed by atoms with Crippen LogP contribution in [0.25, 0.3) is 0 Å². The second-order valence-electron chi connectivity index (χ2n) is 6.82. The van der Waals surface area contributed by atoms with E-state index in [2.05, 4.69) is 10.2 Å². The fraction of sp³-hybridized carbons (Fsp3) is 0.471. The first kappa shape index (κ1) is 23.9. The summed E-state index contributed by atoms with van der Waals surface area (Å²) < 4.78 is 79.8. The van der Waals surface area contributed by atoms with Gasteiger partial charge < -0.3 is 15.2 Å². The van der Waals surface area contributed by atoms with Crippen molar-refractivity contribution in [3.05, 3.63) is 46.8 Å². The van der Waals surface area contributed by atoms with Gasteiger partial charge >= 0.3 is 6.18 Å². The molecule has 2 heterocycles. The van der Waals surface area contributed by atoms with Gasteiger partial charge in [-0.2, -0.15) is 13.2 Å². The molecule has 1 aromatic carbocycles. The number of fused-ring (bicyclic) bond motifs is 1. The molecule has 1 aliphatic rings. The van der Waals surface area contributed by atoms with Gasteiger partial charge in [-0.15, -0.1) is 22.6 Å². The minimum atomic E-state index is -4.66. The standard InChI is InChI=1S/C17H17F6N5O.ClH/c1-8-15-25-26-16(17(21,22)23)28(15)3-2-27(8)14(29)6-10(24)4-9-5-12(19)13(20)7-11(9)18;/h5,7-8,10H,2-4,6,24H2,1H3;1H/t8-,10+;/m0./s1. The number of amides is 1. The van der Waals surface area contributed by atoms with E-state index in [1.807, 2.05) is 0 Å². The first-order valence-electron chi connectivity index (χ1n) is 8.67. The van der Waals surface area contributed by atoms with Crippen molar-refractivity contribution >= 4 is 18.3 Å². The van der Waals surface area contributed by atoms with Crippen LogP contribution >= 0.6 is 12.4 Å². The van der Waals surface area contributed by atoms with Gasteiger partial charge in [0, 0.05) is 31.6 Å². The molecule has 0 aliphatic carbocycles. The lowest BCUT2D eigenvalue weighted by molar-refractivity contribution is -0.148. The van der Waals surface area contributed by atoms with Crippen LogP contribution in [0.2, 0.25) is 0 Å². The molecule has 0 fully saturated rings. The van der Waals surface area contributed by atoms with Crippen LogP contribution in [-0.2, 0) is 23.9 Å². The van der Waals surface area contributed by atoms with Crippen molar-refractivity contribution < 1.29 is 31.1 Å². The molecule has 1 aliphatic heterocycles. The highest BCUT2D eigenvalue weighted by molar-refractivity contribution is 5.85. The molecule has 1 amide bonds. The molecular formula is C17H18ClF6N5O. The summed E-state index contributed by atoms with van der Waals surface area (Å²) in [5.74, 6) is -5.15. The van der Waals surface area contributed by atoms with Crippen LogP contribution in [-0.4, -0.2) is 38.2 Å². The second-order valence-corrected chi connectivity index (χ2v) is 6.82. The Morgan fingerprint density at radius 3 is 2.43 bits per heavy atom. The van der Waals surface area contributed by atoms with E-state index in [0.717, 1.165) is 4.57 Å². The maximum Gasteiger partial charge on any atom is 0.451 e. The van der Waals surface area contributed by atoms with Crippen molar-refractivity contribution in [1.29, 1.82) is 0 Å². The van der Waals surface area contributed by atoms with Crippen LogP contribution in [0.15, 0.2) is 12.1 Å². The lowest BCUT2D eigenvalue weighted by Crippen LogP contribution is -2.44. The molecule has 13 heteroatoms. The highest BCUT2D eigenvalue weighted by atomic mass is 35.5. The maximum atomic E-state index is 13.7. The number of nitrogens with two attached hydrogens (primary N) is 1. The summed E-state index contributed by atoms with van der Waals surface area (Å²) in [4.78, 5) is 13.9. The number of rotatable bonds is 4. The van der Waals surface area contributed by atoms with Gasteiger partial charge in [0.1, 0.15) is 5.82 Å². The molecule has 0 saturated heterocycles. The molecule has 0 bridgehead atoms. The maximum absolute atomic E-state index is 13.7. The third-order valence-corrected chi connectivity index (χ3v) is 4.77. The van der Waals surface area contributed by atoms with Crippen molar-refractivity contribution in [1.82, 2.24) is 19.7 Å².